The van der Waals surface area contributed by atoms with E-state index in [9.17, 15) is 14.4 Å². The molecule has 1 aromatic heterocycles. The van der Waals surface area contributed by atoms with Crippen LogP contribution in [0.15, 0.2) is 0 Å². The molecule has 1 fully saturated rings. The van der Waals surface area contributed by atoms with Gasteiger partial charge in [0, 0.05) is 17.8 Å². The maximum Gasteiger partial charge on any atom is 0.340 e. The Hall–Kier alpha value is -2.11. The van der Waals surface area contributed by atoms with Gasteiger partial charge >= 0.3 is 5.97 Å². The molecular weight excluding hydrogens is 248 g/mol. The Morgan fingerprint density at radius 2 is 2.05 bits per heavy atom. The lowest BCUT2D eigenvalue weighted by atomic mass is 9.99. The van der Waals surface area contributed by atoms with Gasteiger partial charge < -0.3 is 9.72 Å². The Labute approximate surface area is 110 Å². The van der Waals surface area contributed by atoms with Crippen LogP contribution in [0.1, 0.15) is 46.6 Å². The van der Waals surface area contributed by atoms with Crippen LogP contribution in [0, 0.1) is 13.8 Å². The lowest BCUT2D eigenvalue weighted by Gasteiger charge is -2.06. The molecule has 1 aromatic rings. The summed E-state index contributed by atoms with van der Waals surface area (Å²) in [5, 5.41) is 2.26. The molecule has 102 valence electrons. The smallest absolute Gasteiger partial charge is 0.340 e. The van der Waals surface area contributed by atoms with Crippen molar-refractivity contribution >= 4 is 17.8 Å². The third-order valence-corrected chi connectivity index (χ3v) is 3.27. The number of amides is 2. The molecule has 1 aliphatic heterocycles. The van der Waals surface area contributed by atoms with Crippen LogP contribution >= 0.6 is 0 Å². The molecule has 1 unspecified atom stereocenters. The predicted octanol–water partition coefficient (Wildman–Crippen LogP) is 0.938. The number of ether oxygens (including phenoxy) is 1. The summed E-state index contributed by atoms with van der Waals surface area (Å²) in [5.41, 5.74) is 2.39. The van der Waals surface area contributed by atoms with E-state index in [2.05, 4.69) is 10.3 Å². The number of hydrogen-bond donors (Lipinski definition) is 2. The van der Waals surface area contributed by atoms with Gasteiger partial charge in [-0.3, -0.25) is 14.9 Å². The minimum atomic E-state index is -0.547. The summed E-state index contributed by atoms with van der Waals surface area (Å²) >= 11 is 0. The molecule has 2 rings (SSSR count). The van der Waals surface area contributed by atoms with Gasteiger partial charge in [-0.25, -0.2) is 4.79 Å². The second-order valence-electron chi connectivity index (χ2n) is 4.55. The zero-order valence-corrected chi connectivity index (χ0v) is 11.1. The first-order valence-electron chi connectivity index (χ1n) is 6.15. The SMILES string of the molecule is CCOC(=O)c1c(C)[nH]c(C2CC(=O)NC2=O)c1C. The normalized spacial score (nSPS) is 18.6. The number of rotatable bonds is 3. The van der Waals surface area contributed by atoms with Crippen molar-refractivity contribution < 1.29 is 19.1 Å². The van der Waals surface area contributed by atoms with E-state index in [4.69, 9.17) is 4.74 Å². The Kier molecular flexibility index (Phi) is 3.42. The van der Waals surface area contributed by atoms with Crippen LogP contribution in [-0.4, -0.2) is 29.4 Å². The topological polar surface area (TPSA) is 88.3 Å². The van der Waals surface area contributed by atoms with E-state index < -0.39 is 11.9 Å². The van der Waals surface area contributed by atoms with Crippen molar-refractivity contribution in [1.29, 1.82) is 0 Å². The first-order valence-corrected chi connectivity index (χ1v) is 6.15. The van der Waals surface area contributed by atoms with Crippen LogP contribution in [0.5, 0.6) is 0 Å². The molecule has 6 nitrogen and oxygen atoms in total. The Morgan fingerprint density at radius 1 is 1.37 bits per heavy atom. The van der Waals surface area contributed by atoms with Crippen molar-refractivity contribution in [2.75, 3.05) is 6.61 Å². The van der Waals surface area contributed by atoms with Gasteiger partial charge in [0.15, 0.2) is 0 Å². The molecule has 6 heteroatoms. The first kappa shape index (κ1) is 13.3. The van der Waals surface area contributed by atoms with E-state index in [1.165, 1.54) is 0 Å². The molecule has 1 aliphatic rings. The van der Waals surface area contributed by atoms with E-state index in [-0.39, 0.29) is 18.2 Å². The summed E-state index contributed by atoms with van der Waals surface area (Å²) in [6.45, 7) is 5.53. The van der Waals surface area contributed by atoms with Gasteiger partial charge in [-0.1, -0.05) is 0 Å². The molecule has 0 aliphatic carbocycles. The van der Waals surface area contributed by atoms with Crippen molar-refractivity contribution in [3.05, 3.63) is 22.5 Å². The highest BCUT2D eigenvalue weighted by Gasteiger charge is 2.35. The lowest BCUT2D eigenvalue weighted by molar-refractivity contribution is -0.125. The minimum absolute atomic E-state index is 0.113. The zero-order chi connectivity index (χ0) is 14.2. The van der Waals surface area contributed by atoms with E-state index >= 15 is 0 Å². The van der Waals surface area contributed by atoms with Crippen LogP contribution in [0.4, 0.5) is 0 Å². The largest absolute Gasteiger partial charge is 0.462 e. The summed E-state index contributed by atoms with van der Waals surface area (Å²) in [6.07, 6.45) is 0.113. The third-order valence-electron chi connectivity index (χ3n) is 3.27. The zero-order valence-electron chi connectivity index (χ0n) is 11.1. The van der Waals surface area contributed by atoms with Crippen molar-refractivity contribution in [3.63, 3.8) is 0 Å². The van der Waals surface area contributed by atoms with Crippen molar-refractivity contribution in [1.82, 2.24) is 10.3 Å². The fraction of sp³-hybridized carbons (Fsp3) is 0.462. The summed E-state index contributed by atoms with van der Waals surface area (Å²) in [6, 6.07) is 0. The third kappa shape index (κ3) is 2.25. The van der Waals surface area contributed by atoms with Crippen LogP contribution in [0.2, 0.25) is 0 Å². The maximum absolute atomic E-state index is 11.9. The molecule has 2 N–H and O–H groups in total. The summed E-state index contributed by atoms with van der Waals surface area (Å²) in [5.74, 6) is -1.58. The number of nitrogens with one attached hydrogen (secondary N) is 2. The molecule has 0 radical (unpaired) electrons. The van der Waals surface area contributed by atoms with Gasteiger partial charge in [-0.05, 0) is 26.3 Å². The summed E-state index contributed by atoms with van der Waals surface area (Å²) in [4.78, 5) is 37.8. The van der Waals surface area contributed by atoms with Gasteiger partial charge in [-0.15, -0.1) is 0 Å². The first-order chi connectivity index (χ1) is 8.95. The predicted molar refractivity (Wildman–Crippen MR) is 66.7 cm³/mol. The number of esters is 1. The number of aryl methyl sites for hydroxylation is 1. The molecule has 2 amide bonds. The number of carbonyl (C=O) groups is 3. The second kappa shape index (κ2) is 4.87. The average Bonchev–Trinajstić information content (AvgIpc) is 2.79. The van der Waals surface area contributed by atoms with Crippen LogP contribution in [0.25, 0.3) is 0 Å². The Bertz CT molecular complexity index is 559. The minimum Gasteiger partial charge on any atom is -0.462 e. The Balaban J connectivity index is 2.39. The highest BCUT2D eigenvalue weighted by atomic mass is 16.5. The van der Waals surface area contributed by atoms with Crippen LogP contribution in [-0.2, 0) is 14.3 Å². The molecule has 0 bridgehead atoms. The van der Waals surface area contributed by atoms with Gasteiger partial charge in [0.25, 0.3) is 0 Å². The van der Waals surface area contributed by atoms with E-state index in [1.807, 2.05) is 0 Å². The van der Waals surface area contributed by atoms with Crippen molar-refractivity contribution in [2.45, 2.75) is 33.1 Å². The average molecular weight is 264 g/mol. The van der Waals surface area contributed by atoms with Crippen LogP contribution < -0.4 is 5.32 Å². The van der Waals surface area contributed by atoms with Gasteiger partial charge in [-0.2, -0.15) is 0 Å². The monoisotopic (exact) mass is 264 g/mol. The van der Waals surface area contributed by atoms with E-state index in [0.717, 1.165) is 0 Å². The molecule has 0 aromatic carbocycles. The molecule has 1 atom stereocenters. The molecule has 2 heterocycles. The highest BCUT2D eigenvalue weighted by Crippen LogP contribution is 2.30. The van der Waals surface area contributed by atoms with E-state index in [1.54, 1.807) is 20.8 Å². The van der Waals surface area contributed by atoms with Gasteiger partial charge in [0.1, 0.15) is 0 Å². The molecular formula is C13H16N2O4. The highest BCUT2D eigenvalue weighted by molar-refractivity contribution is 6.06. The molecule has 19 heavy (non-hydrogen) atoms. The number of hydrogen-bond acceptors (Lipinski definition) is 4. The van der Waals surface area contributed by atoms with Crippen LogP contribution in [0.3, 0.4) is 0 Å². The Morgan fingerprint density at radius 3 is 2.58 bits per heavy atom. The lowest BCUT2D eigenvalue weighted by Crippen LogP contribution is -2.21. The quantitative estimate of drug-likeness (QED) is 0.628. The number of carbonyl (C=O) groups excluding carboxylic acids is 3. The fourth-order valence-electron chi connectivity index (χ4n) is 2.42. The van der Waals surface area contributed by atoms with Crippen molar-refractivity contribution in [3.8, 4) is 0 Å². The number of H-pyrrole nitrogens is 1. The molecule has 1 saturated heterocycles. The molecule has 0 spiro atoms. The standard InChI is InChI=1S/C13H16N2O4/c1-4-19-13(18)10-6(2)11(14-7(10)3)8-5-9(16)15-12(8)17/h8,14H,4-5H2,1-3H3,(H,15,16,17). The number of aromatic nitrogens is 1. The maximum atomic E-state index is 11.9. The number of aromatic amines is 1. The molecule has 0 saturated carbocycles. The fourth-order valence-corrected chi connectivity index (χ4v) is 2.42. The number of imide groups is 1. The van der Waals surface area contributed by atoms with Gasteiger partial charge in [0.05, 0.1) is 18.1 Å². The van der Waals surface area contributed by atoms with Gasteiger partial charge in [0.2, 0.25) is 11.8 Å². The summed E-state index contributed by atoms with van der Waals surface area (Å²) < 4.78 is 4.99. The van der Waals surface area contributed by atoms with Crippen molar-refractivity contribution in [2.24, 2.45) is 0 Å². The van der Waals surface area contributed by atoms with E-state index in [0.29, 0.717) is 29.1 Å². The summed E-state index contributed by atoms with van der Waals surface area (Å²) in [7, 11) is 0. The second-order valence-corrected chi connectivity index (χ2v) is 4.55.